The third kappa shape index (κ3) is 4.12. The number of aromatic nitrogens is 3. The van der Waals surface area contributed by atoms with Crippen LogP contribution in [0.1, 0.15) is 38.8 Å². The topological polar surface area (TPSA) is 95.4 Å². The van der Waals surface area contributed by atoms with Gasteiger partial charge in [-0.25, -0.2) is 0 Å². The van der Waals surface area contributed by atoms with E-state index in [2.05, 4.69) is 36.9 Å². The lowest BCUT2D eigenvalue weighted by molar-refractivity contribution is -0.129. The van der Waals surface area contributed by atoms with Crippen molar-refractivity contribution in [3.05, 3.63) is 11.9 Å². The molecule has 2 heterocycles. The van der Waals surface area contributed by atoms with Crippen LogP contribution in [-0.4, -0.2) is 33.5 Å². The summed E-state index contributed by atoms with van der Waals surface area (Å²) in [6.07, 6.45) is 9.51. The molecule has 21 heavy (non-hydrogen) atoms. The van der Waals surface area contributed by atoms with Crippen molar-refractivity contribution in [3.63, 3.8) is 0 Å². The Balaban J connectivity index is 1.75. The summed E-state index contributed by atoms with van der Waals surface area (Å²) in [4.78, 5) is 12.2. The first-order valence-electron chi connectivity index (χ1n) is 6.98. The van der Waals surface area contributed by atoms with Crippen LogP contribution >= 0.6 is 0 Å². The van der Waals surface area contributed by atoms with E-state index in [1.165, 1.54) is 0 Å². The largest absolute Gasteiger partial charge is 0.355 e. The molecule has 0 aliphatic carbocycles. The fourth-order valence-electron chi connectivity index (χ4n) is 2.13. The van der Waals surface area contributed by atoms with Crippen LogP contribution in [-0.2, 0) is 11.2 Å². The molecule has 0 unspecified atom stereocenters. The standard InChI is InChI=1S/C14H20N6O/c1-4-5-6-14(18-19-14)7-8-15-12(21)13(2,3)9-11-10-16-20-17-11/h1,10H,5-9H2,2-3H3,(H,15,21)(H,16,17,20). The van der Waals surface area contributed by atoms with Crippen LogP contribution in [0.2, 0.25) is 0 Å². The summed E-state index contributed by atoms with van der Waals surface area (Å²) in [5.41, 5.74) is -0.121. The fourth-order valence-corrected chi connectivity index (χ4v) is 2.13. The van der Waals surface area contributed by atoms with E-state index < -0.39 is 5.41 Å². The molecule has 1 aromatic rings. The number of rotatable bonds is 8. The lowest BCUT2D eigenvalue weighted by atomic mass is 9.87. The molecule has 1 aliphatic heterocycles. The Kier molecular flexibility index (Phi) is 4.36. The van der Waals surface area contributed by atoms with E-state index in [-0.39, 0.29) is 11.6 Å². The molecule has 112 valence electrons. The molecule has 7 nitrogen and oxygen atoms in total. The van der Waals surface area contributed by atoms with Crippen molar-refractivity contribution < 1.29 is 4.79 Å². The lowest BCUT2D eigenvalue weighted by Gasteiger charge is -2.22. The Morgan fingerprint density at radius 3 is 2.81 bits per heavy atom. The second kappa shape index (κ2) is 6.04. The maximum atomic E-state index is 12.2. The maximum Gasteiger partial charge on any atom is 0.226 e. The number of nitrogens with one attached hydrogen (secondary N) is 2. The maximum absolute atomic E-state index is 12.2. The quantitative estimate of drug-likeness (QED) is 0.709. The van der Waals surface area contributed by atoms with Crippen LogP contribution in [0.4, 0.5) is 0 Å². The van der Waals surface area contributed by atoms with Gasteiger partial charge in [0.15, 0.2) is 5.66 Å². The molecule has 2 N–H and O–H groups in total. The van der Waals surface area contributed by atoms with E-state index in [4.69, 9.17) is 6.42 Å². The summed E-state index contributed by atoms with van der Waals surface area (Å²) < 4.78 is 0. The van der Waals surface area contributed by atoms with Crippen molar-refractivity contribution in [1.29, 1.82) is 0 Å². The molecule has 0 radical (unpaired) electrons. The molecule has 2 rings (SSSR count). The number of carbonyl (C=O) groups excluding carboxylic acids is 1. The SMILES string of the molecule is C#CCCC1(CCNC(=O)C(C)(C)Cc2cn[nH]n2)N=N1. The first-order chi connectivity index (χ1) is 9.97. The minimum Gasteiger partial charge on any atom is -0.355 e. The number of H-pyrrole nitrogens is 1. The average Bonchev–Trinajstić information content (AvgIpc) is 3.03. The van der Waals surface area contributed by atoms with Gasteiger partial charge in [-0.15, -0.1) is 12.3 Å². The fraction of sp³-hybridized carbons (Fsp3) is 0.643. The van der Waals surface area contributed by atoms with Crippen molar-refractivity contribution in [2.75, 3.05) is 6.54 Å². The van der Waals surface area contributed by atoms with Gasteiger partial charge in [-0.1, -0.05) is 13.8 Å². The number of terminal acetylenes is 1. The van der Waals surface area contributed by atoms with Gasteiger partial charge < -0.3 is 5.32 Å². The van der Waals surface area contributed by atoms with E-state index in [9.17, 15) is 4.79 Å². The normalized spacial score (nSPS) is 15.5. The summed E-state index contributed by atoms with van der Waals surface area (Å²) in [5.74, 6) is 2.57. The van der Waals surface area contributed by atoms with Gasteiger partial charge in [0.2, 0.25) is 5.91 Å². The zero-order valence-corrected chi connectivity index (χ0v) is 12.4. The second-order valence-corrected chi connectivity index (χ2v) is 5.91. The van der Waals surface area contributed by atoms with E-state index in [0.29, 0.717) is 25.8 Å². The monoisotopic (exact) mass is 288 g/mol. The number of amides is 1. The molecule has 0 bridgehead atoms. The molecule has 0 spiro atoms. The van der Waals surface area contributed by atoms with E-state index in [0.717, 1.165) is 12.1 Å². The molecule has 0 fully saturated rings. The van der Waals surface area contributed by atoms with Crippen LogP contribution in [0.5, 0.6) is 0 Å². The highest BCUT2D eigenvalue weighted by molar-refractivity contribution is 5.82. The summed E-state index contributed by atoms with van der Waals surface area (Å²) >= 11 is 0. The smallest absolute Gasteiger partial charge is 0.226 e. The van der Waals surface area contributed by atoms with Crippen LogP contribution in [0.25, 0.3) is 0 Å². The Morgan fingerprint density at radius 1 is 1.48 bits per heavy atom. The first-order valence-corrected chi connectivity index (χ1v) is 6.98. The molecule has 1 aliphatic rings. The third-order valence-corrected chi connectivity index (χ3v) is 3.57. The van der Waals surface area contributed by atoms with Crippen molar-refractivity contribution in [2.45, 2.75) is 45.2 Å². The Bertz CT molecular complexity index is 549. The minimum atomic E-state index is -0.541. The van der Waals surface area contributed by atoms with Gasteiger partial charge in [-0.2, -0.15) is 25.6 Å². The van der Waals surface area contributed by atoms with Gasteiger partial charge in [0.25, 0.3) is 0 Å². The lowest BCUT2D eigenvalue weighted by Crippen LogP contribution is -2.39. The predicted molar refractivity (Wildman–Crippen MR) is 77.1 cm³/mol. The van der Waals surface area contributed by atoms with Gasteiger partial charge in [0, 0.05) is 37.6 Å². The summed E-state index contributed by atoms with van der Waals surface area (Å²) in [5, 5.41) is 21.3. The van der Waals surface area contributed by atoms with E-state index >= 15 is 0 Å². The van der Waals surface area contributed by atoms with Crippen molar-refractivity contribution in [3.8, 4) is 12.3 Å². The van der Waals surface area contributed by atoms with Gasteiger partial charge in [0.1, 0.15) is 0 Å². The molecular weight excluding hydrogens is 268 g/mol. The number of carbonyl (C=O) groups is 1. The number of nitrogens with zero attached hydrogens (tertiary/aromatic N) is 4. The minimum absolute atomic E-state index is 0.0155. The molecule has 0 saturated heterocycles. The van der Waals surface area contributed by atoms with Crippen molar-refractivity contribution in [1.82, 2.24) is 20.7 Å². The molecule has 0 aromatic carbocycles. The number of hydrogen-bond acceptors (Lipinski definition) is 5. The van der Waals surface area contributed by atoms with Gasteiger partial charge >= 0.3 is 0 Å². The molecular formula is C14H20N6O. The number of aromatic amines is 1. The molecule has 1 aromatic heterocycles. The van der Waals surface area contributed by atoms with Gasteiger partial charge in [-0.3, -0.25) is 4.79 Å². The Hall–Kier alpha value is -2.23. The zero-order valence-electron chi connectivity index (χ0n) is 12.4. The third-order valence-electron chi connectivity index (χ3n) is 3.57. The van der Waals surface area contributed by atoms with E-state index in [1.807, 2.05) is 13.8 Å². The highest BCUT2D eigenvalue weighted by atomic mass is 16.2. The number of hydrogen-bond donors (Lipinski definition) is 2. The van der Waals surface area contributed by atoms with Crippen LogP contribution in [0.3, 0.4) is 0 Å². The highest BCUT2D eigenvalue weighted by Gasteiger charge is 2.39. The molecule has 0 atom stereocenters. The summed E-state index contributed by atoms with van der Waals surface area (Å²) in [7, 11) is 0. The molecule has 1 amide bonds. The Labute approximate surface area is 124 Å². The van der Waals surface area contributed by atoms with Crippen LogP contribution < -0.4 is 5.32 Å². The van der Waals surface area contributed by atoms with Crippen molar-refractivity contribution >= 4 is 5.91 Å². The van der Waals surface area contributed by atoms with Crippen LogP contribution in [0.15, 0.2) is 16.4 Å². The Morgan fingerprint density at radius 2 is 2.24 bits per heavy atom. The molecule has 7 heteroatoms. The highest BCUT2D eigenvalue weighted by Crippen LogP contribution is 2.36. The molecule has 0 saturated carbocycles. The first kappa shape index (κ1) is 15.2. The van der Waals surface area contributed by atoms with Gasteiger partial charge in [0.05, 0.1) is 11.9 Å². The average molecular weight is 288 g/mol. The van der Waals surface area contributed by atoms with Crippen molar-refractivity contribution in [2.24, 2.45) is 15.6 Å². The second-order valence-electron chi connectivity index (χ2n) is 5.91. The summed E-state index contributed by atoms with van der Waals surface area (Å²) in [6.45, 7) is 4.31. The predicted octanol–water partition coefficient (Wildman–Crippen LogP) is 1.46. The van der Waals surface area contributed by atoms with Crippen LogP contribution in [0, 0.1) is 17.8 Å². The zero-order chi connectivity index (χ0) is 15.3. The van der Waals surface area contributed by atoms with Gasteiger partial charge in [-0.05, 0) is 0 Å². The summed E-state index contributed by atoms with van der Waals surface area (Å²) in [6, 6.07) is 0. The van der Waals surface area contributed by atoms with E-state index in [1.54, 1.807) is 6.20 Å².